The van der Waals surface area contributed by atoms with E-state index in [9.17, 15) is 4.79 Å². The van der Waals surface area contributed by atoms with E-state index in [4.69, 9.17) is 18.9 Å². The fraction of sp³-hybridized carbons (Fsp3) is 0.353. The number of morpholine rings is 1. The Labute approximate surface area is 243 Å². The number of ketones is 1. The van der Waals surface area contributed by atoms with Crippen molar-refractivity contribution >= 4 is 16.7 Å². The molecule has 0 amide bonds. The minimum Gasteiger partial charge on any atom is -0.493 e. The van der Waals surface area contributed by atoms with Crippen molar-refractivity contribution in [3.63, 3.8) is 0 Å². The Morgan fingerprint density at radius 3 is 2.44 bits per heavy atom. The third kappa shape index (κ3) is 7.84. The summed E-state index contributed by atoms with van der Waals surface area (Å²) in [6.07, 6.45) is 3.70. The van der Waals surface area contributed by atoms with Crippen molar-refractivity contribution in [2.75, 3.05) is 46.6 Å². The number of hydrogen-bond donors (Lipinski definition) is 0. The van der Waals surface area contributed by atoms with Gasteiger partial charge < -0.3 is 18.9 Å². The molecule has 7 nitrogen and oxygen atoms in total. The molecule has 1 aliphatic rings. The summed E-state index contributed by atoms with van der Waals surface area (Å²) < 4.78 is 23.5. The van der Waals surface area contributed by atoms with Crippen LogP contribution in [0.2, 0.25) is 0 Å². The summed E-state index contributed by atoms with van der Waals surface area (Å²) in [5.74, 6) is 2.24. The Balaban J connectivity index is 0.00000189. The Bertz CT molecular complexity index is 1420. The van der Waals surface area contributed by atoms with Crippen LogP contribution in [-0.4, -0.2) is 62.2 Å². The van der Waals surface area contributed by atoms with Crippen LogP contribution >= 0.6 is 0 Å². The predicted molar refractivity (Wildman–Crippen MR) is 163 cm³/mol. The smallest absolute Gasteiger partial charge is 0.196 e. The third-order valence-corrected chi connectivity index (χ3v) is 6.85. The summed E-state index contributed by atoms with van der Waals surface area (Å²) in [5.41, 5.74) is 2.82. The number of methoxy groups -OCH3 is 1. The Morgan fingerprint density at radius 1 is 0.902 bits per heavy atom. The van der Waals surface area contributed by atoms with Crippen LogP contribution in [0.15, 0.2) is 72.9 Å². The van der Waals surface area contributed by atoms with Crippen molar-refractivity contribution in [1.29, 1.82) is 0 Å². The molecule has 0 unspecified atom stereocenters. The average Bonchev–Trinajstić information content (AvgIpc) is 3.03. The van der Waals surface area contributed by atoms with Gasteiger partial charge in [-0.15, -0.1) is 0 Å². The highest BCUT2D eigenvalue weighted by atomic mass is 16.5. The van der Waals surface area contributed by atoms with Gasteiger partial charge in [0, 0.05) is 36.3 Å². The van der Waals surface area contributed by atoms with Crippen LogP contribution in [0, 0.1) is 6.92 Å². The summed E-state index contributed by atoms with van der Waals surface area (Å²) >= 11 is 0. The molecule has 0 saturated carbocycles. The topological polar surface area (TPSA) is 70.1 Å². The van der Waals surface area contributed by atoms with Gasteiger partial charge in [0.2, 0.25) is 0 Å². The van der Waals surface area contributed by atoms with Crippen molar-refractivity contribution in [2.45, 2.75) is 33.6 Å². The van der Waals surface area contributed by atoms with E-state index in [0.717, 1.165) is 62.2 Å². The zero-order valence-electron chi connectivity index (χ0n) is 24.5. The minimum atomic E-state index is -0.0884. The molecule has 0 atom stereocenters. The number of carbonyl (C=O) groups is 1. The van der Waals surface area contributed by atoms with Crippen LogP contribution in [0.3, 0.4) is 0 Å². The largest absolute Gasteiger partial charge is 0.493 e. The summed E-state index contributed by atoms with van der Waals surface area (Å²) in [7, 11) is 1.62. The van der Waals surface area contributed by atoms with Crippen LogP contribution in [-0.2, 0) is 4.74 Å². The number of hydrogen-bond acceptors (Lipinski definition) is 7. The van der Waals surface area contributed by atoms with Gasteiger partial charge in [0.1, 0.15) is 11.5 Å². The number of ether oxygens (including phenoxy) is 4. The second-order valence-corrected chi connectivity index (χ2v) is 9.64. The quantitative estimate of drug-likeness (QED) is 0.144. The second-order valence-electron chi connectivity index (χ2n) is 9.64. The lowest BCUT2D eigenvalue weighted by molar-refractivity contribution is 0.0368. The first kappa shape index (κ1) is 30.0. The van der Waals surface area contributed by atoms with Gasteiger partial charge in [-0.2, -0.15) is 0 Å². The maximum atomic E-state index is 13.3. The lowest BCUT2D eigenvalue weighted by atomic mass is 10.0. The van der Waals surface area contributed by atoms with E-state index in [1.54, 1.807) is 19.4 Å². The van der Waals surface area contributed by atoms with Crippen molar-refractivity contribution < 1.29 is 23.7 Å². The van der Waals surface area contributed by atoms with Gasteiger partial charge in [-0.25, -0.2) is 0 Å². The Kier molecular flexibility index (Phi) is 11.1. The number of rotatable bonds is 11. The molecule has 0 bridgehead atoms. The SMILES string of the molecule is CC.COc1cc2c(Oc3ccc(C)cc3C(=O)c3ccccc3)ccnc2cc1OCCCCN1CCOCC1. The molecule has 3 aromatic carbocycles. The zero-order valence-corrected chi connectivity index (χ0v) is 24.5. The van der Waals surface area contributed by atoms with Gasteiger partial charge in [-0.1, -0.05) is 55.8 Å². The van der Waals surface area contributed by atoms with Crippen LogP contribution in [0.4, 0.5) is 0 Å². The molecule has 0 radical (unpaired) electrons. The normalized spacial score (nSPS) is 13.3. The number of benzene rings is 3. The van der Waals surface area contributed by atoms with Crippen molar-refractivity contribution in [2.24, 2.45) is 0 Å². The molecule has 0 aliphatic carbocycles. The lowest BCUT2D eigenvalue weighted by Gasteiger charge is -2.26. The fourth-order valence-electron chi connectivity index (χ4n) is 4.71. The van der Waals surface area contributed by atoms with Crippen molar-refractivity contribution in [3.05, 3.63) is 89.6 Å². The highest BCUT2D eigenvalue weighted by Crippen LogP contribution is 2.38. The molecule has 1 fully saturated rings. The molecule has 1 aliphatic heterocycles. The minimum absolute atomic E-state index is 0.0884. The van der Waals surface area contributed by atoms with E-state index in [2.05, 4.69) is 9.88 Å². The van der Waals surface area contributed by atoms with Crippen molar-refractivity contribution in [3.8, 4) is 23.0 Å². The van der Waals surface area contributed by atoms with Gasteiger partial charge >= 0.3 is 0 Å². The molecular formula is C34H40N2O5. The Morgan fingerprint density at radius 2 is 1.68 bits per heavy atom. The number of aryl methyl sites for hydroxylation is 1. The number of fused-ring (bicyclic) bond motifs is 1. The third-order valence-electron chi connectivity index (χ3n) is 6.85. The number of carbonyl (C=O) groups excluding carboxylic acids is 1. The standard InChI is InChI=1S/C32H34N2O5.C2H6/c1-23-10-11-28(26(20-23)32(35)24-8-4-3-5-9-24)39-29-12-13-33-27-22-31(30(36-2)21-25(27)29)38-17-7-6-14-34-15-18-37-19-16-34;1-2/h3-5,8-13,20-22H,6-7,14-19H2,1-2H3;1-2H3. The molecule has 0 N–H and O–H groups in total. The number of unbranched alkanes of at least 4 members (excludes halogenated alkanes) is 1. The van der Waals surface area contributed by atoms with Crippen molar-refractivity contribution in [1.82, 2.24) is 9.88 Å². The van der Waals surface area contributed by atoms with Gasteiger partial charge in [0.05, 0.1) is 38.0 Å². The molecule has 0 spiro atoms. The van der Waals surface area contributed by atoms with Gasteiger partial charge in [-0.05, 0) is 50.6 Å². The van der Waals surface area contributed by atoms with Gasteiger partial charge in [-0.3, -0.25) is 14.7 Å². The molecule has 1 saturated heterocycles. The fourth-order valence-corrected chi connectivity index (χ4v) is 4.71. The molecule has 5 rings (SSSR count). The molecule has 1 aromatic heterocycles. The molecule has 7 heteroatoms. The number of pyridine rings is 1. The van der Waals surface area contributed by atoms with Gasteiger partial charge in [0.25, 0.3) is 0 Å². The lowest BCUT2D eigenvalue weighted by Crippen LogP contribution is -2.36. The summed E-state index contributed by atoms with van der Waals surface area (Å²) in [5, 5.41) is 0.771. The molecule has 4 aromatic rings. The molecular weight excluding hydrogens is 516 g/mol. The zero-order chi connectivity index (χ0) is 29.0. The molecule has 41 heavy (non-hydrogen) atoms. The van der Waals surface area contributed by atoms with Crippen LogP contribution in [0.25, 0.3) is 10.9 Å². The summed E-state index contributed by atoms with van der Waals surface area (Å²) in [4.78, 5) is 20.3. The van der Waals surface area contributed by atoms with E-state index in [0.29, 0.717) is 40.7 Å². The van der Waals surface area contributed by atoms with Gasteiger partial charge in [0.15, 0.2) is 17.3 Å². The highest BCUT2D eigenvalue weighted by Gasteiger charge is 2.18. The second kappa shape index (κ2) is 15.2. The number of nitrogens with zero attached hydrogens (tertiary/aromatic N) is 2. The molecule has 2 heterocycles. The van der Waals surface area contributed by atoms with E-state index in [1.807, 2.05) is 81.4 Å². The number of aromatic nitrogens is 1. The Hall–Kier alpha value is -3.94. The highest BCUT2D eigenvalue weighted by molar-refractivity contribution is 6.11. The van der Waals surface area contributed by atoms with Crippen LogP contribution in [0.1, 0.15) is 48.2 Å². The van der Waals surface area contributed by atoms with Crippen LogP contribution in [0.5, 0.6) is 23.0 Å². The van der Waals surface area contributed by atoms with E-state index < -0.39 is 0 Å². The predicted octanol–water partition coefficient (Wildman–Crippen LogP) is 7.09. The summed E-state index contributed by atoms with van der Waals surface area (Å²) in [6.45, 7) is 11.2. The van der Waals surface area contributed by atoms with E-state index in [-0.39, 0.29) is 5.78 Å². The summed E-state index contributed by atoms with van der Waals surface area (Å²) in [6, 6.07) is 20.4. The van der Waals surface area contributed by atoms with E-state index >= 15 is 0 Å². The molecule has 216 valence electrons. The first-order valence-electron chi connectivity index (χ1n) is 14.4. The first-order valence-corrected chi connectivity index (χ1v) is 14.4. The van der Waals surface area contributed by atoms with E-state index in [1.165, 1.54) is 0 Å². The maximum absolute atomic E-state index is 13.3. The maximum Gasteiger partial charge on any atom is 0.196 e. The first-order chi connectivity index (χ1) is 20.1. The average molecular weight is 557 g/mol. The van der Waals surface area contributed by atoms with Crippen LogP contribution < -0.4 is 14.2 Å². The monoisotopic (exact) mass is 556 g/mol.